The summed E-state index contributed by atoms with van der Waals surface area (Å²) in [5.74, 6) is -0.669. The third kappa shape index (κ3) is 4.57. The second-order valence-electron chi connectivity index (χ2n) is 6.74. The van der Waals surface area contributed by atoms with E-state index in [-0.39, 0.29) is 29.1 Å². The number of nitrogens with zero attached hydrogens (tertiary/aromatic N) is 1. The Morgan fingerprint density at radius 2 is 1.83 bits per heavy atom. The lowest BCUT2D eigenvalue weighted by Gasteiger charge is -2.23. The van der Waals surface area contributed by atoms with E-state index in [2.05, 4.69) is 5.32 Å². The maximum absolute atomic E-state index is 13.1. The number of alkyl halides is 3. The van der Waals surface area contributed by atoms with Crippen LogP contribution >= 0.6 is 11.6 Å². The monoisotopic (exact) mass is 446 g/mol. The fourth-order valence-corrected chi connectivity index (χ4v) is 5.04. The maximum atomic E-state index is 13.1. The summed E-state index contributed by atoms with van der Waals surface area (Å²) in [6.45, 7) is 1.47. The molecule has 0 aromatic heterocycles. The molecule has 1 saturated heterocycles. The Bertz CT molecular complexity index is 1020. The molecule has 1 aliphatic rings. The Labute approximate surface area is 171 Å². The first-order chi connectivity index (χ1) is 13.5. The van der Waals surface area contributed by atoms with Gasteiger partial charge in [-0.05, 0) is 61.7 Å². The summed E-state index contributed by atoms with van der Waals surface area (Å²) in [6, 6.07) is 8.02. The summed E-state index contributed by atoms with van der Waals surface area (Å²) in [7, 11) is -3.95. The van der Waals surface area contributed by atoms with Crippen LogP contribution in [0.4, 0.5) is 18.9 Å². The van der Waals surface area contributed by atoms with E-state index in [1.165, 1.54) is 43.3 Å². The van der Waals surface area contributed by atoms with E-state index in [9.17, 15) is 26.4 Å². The van der Waals surface area contributed by atoms with Gasteiger partial charge < -0.3 is 5.32 Å². The van der Waals surface area contributed by atoms with Gasteiger partial charge in [0.2, 0.25) is 15.9 Å². The normalized spacial score (nSPS) is 18.0. The molecule has 1 aliphatic heterocycles. The number of nitrogens with one attached hydrogen (secondary N) is 1. The van der Waals surface area contributed by atoms with Gasteiger partial charge in [-0.2, -0.15) is 17.5 Å². The van der Waals surface area contributed by atoms with Gasteiger partial charge in [0.05, 0.1) is 10.5 Å². The summed E-state index contributed by atoms with van der Waals surface area (Å²) in [6.07, 6.45) is -3.81. The number of aryl methyl sites for hydroxylation is 1. The van der Waals surface area contributed by atoms with Crippen molar-refractivity contribution in [1.29, 1.82) is 0 Å². The topological polar surface area (TPSA) is 66.5 Å². The van der Waals surface area contributed by atoms with Crippen molar-refractivity contribution in [2.45, 2.75) is 36.9 Å². The molecule has 156 valence electrons. The molecule has 0 unspecified atom stereocenters. The summed E-state index contributed by atoms with van der Waals surface area (Å²) < 4.78 is 66.1. The fourth-order valence-electron chi connectivity index (χ4n) is 3.26. The predicted molar refractivity (Wildman–Crippen MR) is 103 cm³/mol. The highest BCUT2D eigenvalue weighted by molar-refractivity contribution is 7.89. The molecule has 0 spiro atoms. The number of hydrogen-bond acceptors (Lipinski definition) is 3. The van der Waals surface area contributed by atoms with Gasteiger partial charge >= 0.3 is 6.18 Å². The van der Waals surface area contributed by atoms with Gasteiger partial charge in [0.25, 0.3) is 0 Å². The van der Waals surface area contributed by atoms with Crippen molar-refractivity contribution in [3.8, 4) is 0 Å². The van der Waals surface area contributed by atoms with Crippen LogP contribution in [0, 0.1) is 6.92 Å². The highest BCUT2D eigenvalue weighted by Crippen LogP contribution is 2.34. The lowest BCUT2D eigenvalue weighted by Crippen LogP contribution is -2.43. The minimum atomic E-state index is -4.55. The third-order valence-electron chi connectivity index (χ3n) is 4.74. The molecule has 5 nitrogen and oxygen atoms in total. The first-order valence-corrected chi connectivity index (χ1v) is 10.6. The first kappa shape index (κ1) is 21.6. The van der Waals surface area contributed by atoms with Crippen molar-refractivity contribution < 1.29 is 26.4 Å². The molecular formula is C19H18ClF3N2O3S. The van der Waals surface area contributed by atoms with Crippen molar-refractivity contribution in [3.63, 3.8) is 0 Å². The average molecular weight is 447 g/mol. The summed E-state index contributed by atoms with van der Waals surface area (Å²) in [5.41, 5.74) is -0.862. The standard InChI is InChI=1S/C19H18ClF3N2O3S/c1-12-4-7-14(11-16(12)19(21,22)23)24-18(26)17-3-2-10-25(17)29(27,28)15-8-5-13(20)6-9-15/h4-9,11,17H,2-3,10H2,1H3,(H,24,26)/t17-/m0/s1. The number of benzene rings is 2. The van der Waals surface area contributed by atoms with Crippen LogP contribution in [0.5, 0.6) is 0 Å². The van der Waals surface area contributed by atoms with E-state index in [0.29, 0.717) is 11.4 Å². The van der Waals surface area contributed by atoms with Gasteiger partial charge in [-0.1, -0.05) is 17.7 Å². The maximum Gasteiger partial charge on any atom is 0.416 e. The van der Waals surface area contributed by atoms with Crippen LogP contribution in [0.3, 0.4) is 0 Å². The molecule has 1 amide bonds. The number of rotatable bonds is 4. The van der Waals surface area contributed by atoms with E-state index >= 15 is 0 Å². The zero-order chi connectivity index (χ0) is 21.4. The number of amides is 1. The Hall–Kier alpha value is -2.10. The largest absolute Gasteiger partial charge is 0.416 e. The molecule has 0 saturated carbocycles. The zero-order valence-electron chi connectivity index (χ0n) is 15.3. The SMILES string of the molecule is Cc1ccc(NC(=O)[C@@H]2CCCN2S(=O)(=O)c2ccc(Cl)cc2)cc1C(F)(F)F. The lowest BCUT2D eigenvalue weighted by molar-refractivity contribution is -0.138. The highest BCUT2D eigenvalue weighted by atomic mass is 35.5. The third-order valence-corrected chi connectivity index (χ3v) is 6.91. The van der Waals surface area contributed by atoms with Crippen molar-refractivity contribution in [2.24, 2.45) is 0 Å². The minimum Gasteiger partial charge on any atom is -0.325 e. The van der Waals surface area contributed by atoms with Crippen LogP contribution < -0.4 is 5.32 Å². The second-order valence-corrected chi connectivity index (χ2v) is 9.07. The van der Waals surface area contributed by atoms with Gasteiger partial charge in [0.1, 0.15) is 6.04 Å². The lowest BCUT2D eigenvalue weighted by atomic mass is 10.1. The van der Waals surface area contributed by atoms with Gasteiger partial charge in [-0.15, -0.1) is 0 Å². The summed E-state index contributed by atoms with van der Waals surface area (Å²) in [4.78, 5) is 12.7. The molecule has 29 heavy (non-hydrogen) atoms. The number of halogens is 4. The second kappa shape index (κ2) is 7.97. The van der Waals surface area contributed by atoms with E-state index in [1.54, 1.807) is 0 Å². The van der Waals surface area contributed by atoms with Crippen molar-refractivity contribution >= 4 is 33.2 Å². The quantitative estimate of drug-likeness (QED) is 0.754. The Morgan fingerprint density at radius 3 is 2.45 bits per heavy atom. The van der Waals surface area contributed by atoms with Crippen LogP contribution in [-0.2, 0) is 21.0 Å². The molecule has 0 radical (unpaired) electrons. The first-order valence-electron chi connectivity index (χ1n) is 8.76. The molecule has 1 heterocycles. The minimum absolute atomic E-state index is 0.00343. The van der Waals surface area contributed by atoms with Gasteiger partial charge in [0.15, 0.2) is 0 Å². The Morgan fingerprint density at radius 1 is 1.17 bits per heavy atom. The van der Waals surface area contributed by atoms with E-state index < -0.39 is 33.7 Å². The van der Waals surface area contributed by atoms with Gasteiger partial charge in [-0.25, -0.2) is 8.42 Å². The van der Waals surface area contributed by atoms with Crippen molar-refractivity contribution in [3.05, 3.63) is 58.6 Å². The molecule has 0 bridgehead atoms. The van der Waals surface area contributed by atoms with E-state index in [0.717, 1.165) is 10.4 Å². The molecule has 2 aromatic rings. The molecule has 3 rings (SSSR count). The van der Waals surface area contributed by atoms with Gasteiger partial charge in [0, 0.05) is 17.3 Å². The van der Waals surface area contributed by atoms with Crippen molar-refractivity contribution in [2.75, 3.05) is 11.9 Å². The number of sulfonamides is 1. The molecule has 1 atom stereocenters. The zero-order valence-corrected chi connectivity index (χ0v) is 16.9. The molecule has 1 N–H and O–H groups in total. The van der Waals surface area contributed by atoms with Crippen LogP contribution in [-0.4, -0.2) is 31.2 Å². The van der Waals surface area contributed by atoms with Crippen LogP contribution in [0.2, 0.25) is 5.02 Å². The number of anilines is 1. The molecule has 2 aromatic carbocycles. The molecular weight excluding hydrogens is 429 g/mol. The summed E-state index contributed by atoms with van der Waals surface area (Å²) in [5, 5.41) is 2.79. The summed E-state index contributed by atoms with van der Waals surface area (Å²) >= 11 is 5.79. The molecule has 0 aliphatic carbocycles. The Balaban J connectivity index is 1.83. The number of carbonyl (C=O) groups is 1. The van der Waals surface area contributed by atoms with Crippen molar-refractivity contribution in [1.82, 2.24) is 4.31 Å². The smallest absolute Gasteiger partial charge is 0.325 e. The van der Waals surface area contributed by atoms with Crippen LogP contribution in [0.15, 0.2) is 47.4 Å². The fraction of sp³-hybridized carbons (Fsp3) is 0.316. The average Bonchev–Trinajstić information content (AvgIpc) is 3.13. The predicted octanol–water partition coefficient (Wildman–Crippen LogP) is 4.46. The molecule has 1 fully saturated rings. The van der Waals surface area contributed by atoms with Crippen LogP contribution in [0.1, 0.15) is 24.0 Å². The van der Waals surface area contributed by atoms with Crippen LogP contribution in [0.25, 0.3) is 0 Å². The number of hydrogen-bond donors (Lipinski definition) is 1. The van der Waals surface area contributed by atoms with E-state index in [4.69, 9.17) is 11.6 Å². The Kier molecular flexibility index (Phi) is 5.93. The van der Waals surface area contributed by atoms with Gasteiger partial charge in [-0.3, -0.25) is 4.79 Å². The highest BCUT2D eigenvalue weighted by Gasteiger charge is 2.39. The van der Waals surface area contributed by atoms with E-state index in [1.807, 2.05) is 0 Å². The molecule has 10 heteroatoms. The number of carbonyl (C=O) groups excluding carboxylic acids is 1.